The number of rotatable bonds is 4. The number of nitrogens with zero attached hydrogens (tertiary/aromatic N) is 5. The first-order valence-corrected chi connectivity index (χ1v) is 10.4. The van der Waals surface area contributed by atoms with E-state index in [1.165, 1.54) is 15.4 Å². The zero-order valence-corrected chi connectivity index (χ0v) is 16.8. The monoisotopic (exact) mass is 387 g/mol. The van der Waals surface area contributed by atoms with Crippen molar-refractivity contribution in [3.05, 3.63) is 69.6 Å². The van der Waals surface area contributed by atoms with Crippen LogP contribution in [0.15, 0.2) is 42.7 Å². The average Bonchev–Trinajstić information content (AvgIpc) is 3.30. The van der Waals surface area contributed by atoms with E-state index in [1.54, 1.807) is 6.33 Å². The molecule has 0 N–H and O–H groups in total. The lowest BCUT2D eigenvalue weighted by atomic mass is 10.1. The maximum Gasteiger partial charge on any atom is 0.116 e. The van der Waals surface area contributed by atoms with E-state index in [4.69, 9.17) is 4.98 Å². The van der Waals surface area contributed by atoms with E-state index in [2.05, 4.69) is 51.9 Å². The quantitative estimate of drug-likeness (QED) is 0.515. The predicted octanol–water partition coefficient (Wildman–Crippen LogP) is 4.53. The minimum absolute atomic E-state index is 0.844. The van der Waals surface area contributed by atoms with Gasteiger partial charge >= 0.3 is 0 Å². The molecule has 28 heavy (non-hydrogen) atoms. The summed E-state index contributed by atoms with van der Waals surface area (Å²) in [5, 5.41) is 2.36. The minimum Gasteiger partial charge on any atom is -0.288 e. The first kappa shape index (κ1) is 17.4. The molecule has 5 rings (SSSR count). The first-order chi connectivity index (χ1) is 13.7. The molecule has 0 saturated heterocycles. The zero-order valence-electron chi connectivity index (χ0n) is 16.0. The molecule has 6 heteroatoms. The normalized spacial score (nSPS) is 13.9. The van der Waals surface area contributed by atoms with Gasteiger partial charge in [0.2, 0.25) is 0 Å². The van der Waals surface area contributed by atoms with Gasteiger partial charge in [-0.3, -0.25) is 4.90 Å². The van der Waals surface area contributed by atoms with Crippen molar-refractivity contribution in [3.8, 4) is 11.4 Å². The van der Waals surface area contributed by atoms with Gasteiger partial charge in [-0.05, 0) is 25.5 Å². The van der Waals surface area contributed by atoms with Gasteiger partial charge in [0.25, 0.3) is 0 Å². The fourth-order valence-corrected chi connectivity index (χ4v) is 4.81. The van der Waals surface area contributed by atoms with E-state index in [-0.39, 0.29) is 0 Å². The molecule has 0 unspecified atom stereocenters. The summed E-state index contributed by atoms with van der Waals surface area (Å²) in [6.45, 7) is 6.87. The molecule has 1 aliphatic rings. The molecule has 0 atom stereocenters. The van der Waals surface area contributed by atoms with Crippen LogP contribution in [0.1, 0.15) is 33.8 Å². The van der Waals surface area contributed by atoms with E-state index >= 15 is 0 Å². The maximum absolute atomic E-state index is 4.84. The van der Waals surface area contributed by atoms with Crippen molar-refractivity contribution < 1.29 is 0 Å². The smallest absolute Gasteiger partial charge is 0.116 e. The molecule has 0 saturated carbocycles. The summed E-state index contributed by atoms with van der Waals surface area (Å²) in [6, 6.07) is 12.4. The maximum atomic E-state index is 4.84. The summed E-state index contributed by atoms with van der Waals surface area (Å²) in [5.41, 5.74) is 6.32. The molecule has 0 spiro atoms. The second-order valence-corrected chi connectivity index (χ2v) is 8.32. The second-order valence-electron chi connectivity index (χ2n) is 7.15. The molecular formula is C22H21N5S. The summed E-state index contributed by atoms with van der Waals surface area (Å²) in [7, 11) is 0. The third kappa shape index (κ3) is 3.08. The molecule has 4 heterocycles. The Hall–Kier alpha value is -2.70. The van der Waals surface area contributed by atoms with Crippen molar-refractivity contribution in [2.75, 3.05) is 0 Å². The Kier molecular flexibility index (Phi) is 4.37. The number of thiazole rings is 1. The topological polar surface area (TPSA) is 54.8 Å². The Labute approximate surface area is 168 Å². The third-order valence-corrected chi connectivity index (χ3v) is 6.52. The van der Waals surface area contributed by atoms with Gasteiger partial charge in [0.1, 0.15) is 6.33 Å². The minimum atomic E-state index is 0.844. The fraction of sp³-hybridized carbons (Fsp3) is 0.273. The van der Waals surface area contributed by atoms with E-state index in [0.717, 1.165) is 59.7 Å². The van der Waals surface area contributed by atoms with E-state index in [0.29, 0.717) is 0 Å². The van der Waals surface area contributed by atoms with Crippen LogP contribution in [-0.4, -0.2) is 24.8 Å². The summed E-state index contributed by atoms with van der Waals surface area (Å²) in [6.07, 6.45) is 2.66. The molecule has 4 aromatic rings. The number of para-hydroxylation sites is 1. The highest BCUT2D eigenvalue weighted by Crippen LogP contribution is 2.31. The number of fused-ring (bicyclic) bond motifs is 2. The van der Waals surface area contributed by atoms with Gasteiger partial charge in [0.15, 0.2) is 0 Å². The number of benzene rings is 1. The van der Waals surface area contributed by atoms with Crippen LogP contribution in [0.5, 0.6) is 0 Å². The van der Waals surface area contributed by atoms with E-state index in [9.17, 15) is 0 Å². The largest absolute Gasteiger partial charge is 0.288 e. The van der Waals surface area contributed by atoms with Gasteiger partial charge in [-0.1, -0.05) is 31.2 Å². The van der Waals surface area contributed by atoms with Crippen molar-refractivity contribution in [2.45, 2.75) is 39.9 Å². The summed E-state index contributed by atoms with van der Waals surface area (Å²) >= 11 is 1.83. The summed E-state index contributed by atoms with van der Waals surface area (Å²) in [4.78, 5) is 22.4. The van der Waals surface area contributed by atoms with Gasteiger partial charge < -0.3 is 0 Å². The Morgan fingerprint density at radius 2 is 1.93 bits per heavy atom. The highest BCUT2D eigenvalue weighted by atomic mass is 32.1. The Bertz CT molecular complexity index is 1170. The van der Waals surface area contributed by atoms with Crippen molar-refractivity contribution in [1.29, 1.82) is 0 Å². The third-order valence-electron chi connectivity index (χ3n) is 5.24. The van der Waals surface area contributed by atoms with Gasteiger partial charge in [-0.15, -0.1) is 11.3 Å². The Morgan fingerprint density at radius 3 is 2.79 bits per heavy atom. The van der Waals surface area contributed by atoms with Crippen LogP contribution in [0.3, 0.4) is 0 Å². The van der Waals surface area contributed by atoms with Crippen LogP contribution in [0.2, 0.25) is 0 Å². The molecule has 0 bridgehead atoms. The van der Waals surface area contributed by atoms with Gasteiger partial charge in [0.05, 0.1) is 33.3 Å². The van der Waals surface area contributed by atoms with Crippen molar-refractivity contribution in [3.63, 3.8) is 0 Å². The Balaban J connectivity index is 1.45. The molecule has 1 aromatic carbocycles. The number of aryl methyl sites for hydroxylation is 2. The van der Waals surface area contributed by atoms with Crippen LogP contribution in [0.25, 0.3) is 22.3 Å². The molecule has 0 aliphatic carbocycles. The van der Waals surface area contributed by atoms with E-state index in [1.807, 2.05) is 29.5 Å². The molecule has 0 amide bonds. The lowest BCUT2D eigenvalue weighted by Gasteiger charge is -2.13. The van der Waals surface area contributed by atoms with Crippen LogP contribution in [0, 0.1) is 6.92 Å². The molecule has 3 aromatic heterocycles. The van der Waals surface area contributed by atoms with Crippen molar-refractivity contribution in [1.82, 2.24) is 24.8 Å². The van der Waals surface area contributed by atoms with E-state index < -0.39 is 0 Å². The predicted molar refractivity (Wildman–Crippen MR) is 112 cm³/mol. The highest BCUT2D eigenvalue weighted by Gasteiger charge is 2.26. The molecule has 140 valence electrons. The highest BCUT2D eigenvalue weighted by molar-refractivity contribution is 7.11. The van der Waals surface area contributed by atoms with Gasteiger partial charge in [-0.2, -0.15) is 0 Å². The van der Waals surface area contributed by atoms with Gasteiger partial charge in [-0.25, -0.2) is 19.9 Å². The van der Waals surface area contributed by atoms with Gasteiger partial charge in [0, 0.05) is 35.5 Å². The lowest BCUT2D eigenvalue weighted by molar-refractivity contribution is 0.276. The fourth-order valence-electron chi connectivity index (χ4n) is 3.76. The van der Waals surface area contributed by atoms with Crippen LogP contribution in [0.4, 0.5) is 0 Å². The number of hydrogen-bond donors (Lipinski definition) is 0. The second kappa shape index (κ2) is 7.04. The van der Waals surface area contributed by atoms with Crippen LogP contribution in [-0.2, 0) is 26.1 Å². The molecule has 0 radical (unpaired) electrons. The first-order valence-electron chi connectivity index (χ1n) is 9.57. The zero-order chi connectivity index (χ0) is 19.1. The van der Waals surface area contributed by atoms with Crippen LogP contribution < -0.4 is 0 Å². The molecule has 0 fully saturated rings. The summed E-state index contributed by atoms with van der Waals surface area (Å²) in [5.74, 6) is 0. The van der Waals surface area contributed by atoms with Crippen molar-refractivity contribution >= 4 is 22.2 Å². The molecule has 5 nitrogen and oxygen atoms in total. The van der Waals surface area contributed by atoms with Crippen molar-refractivity contribution in [2.24, 2.45) is 0 Å². The average molecular weight is 388 g/mol. The van der Waals surface area contributed by atoms with Crippen LogP contribution >= 0.6 is 11.3 Å². The Morgan fingerprint density at radius 1 is 1.04 bits per heavy atom. The number of hydrogen-bond acceptors (Lipinski definition) is 6. The number of aromatic nitrogens is 4. The summed E-state index contributed by atoms with van der Waals surface area (Å²) < 4.78 is 0. The molecular weight excluding hydrogens is 366 g/mol. The molecule has 1 aliphatic heterocycles. The lowest BCUT2D eigenvalue weighted by Crippen LogP contribution is -2.15. The SMILES string of the molecule is CCc1nc(C)c(CN2Cc3ncnc(-c4ccc5ccccc5n4)c3C2)s1. The number of pyridine rings is 1. The standard InChI is InChI=1S/C22H21N5S/c1-3-21-25-14(2)20(28-21)12-27-10-16-19(11-27)23-13-24-22(16)18-9-8-15-6-4-5-7-17(15)26-18/h4-9,13H,3,10-12H2,1-2H3.